The van der Waals surface area contributed by atoms with Gasteiger partial charge in [0.15, 0.2) is 0 Å². The van der Waals surface area contributed by atoms with Crippen molar-refractivity contribution in [3.05, 3.63) is 48.5 Å². The Labute approximate surface area is 117 Å². The first kappa shape index (κ1) is 12.5. The first-order valence-electron chi connectivity index (χ1n) is 6.51. The minimum atomic E-state index is 0.0695. The Kier molecular flexibility index (Phi) is 3.06. The predicted molar refractivity (Wildman–Crippen MR) is 78.3 cm³/mol. The highest BCUT2D eigenvalue weighted by Crippen LogP contribution is 2.28. The maximum atomic E-state index is 11.2. The molecule has 0 spiro atoms. The second kappa shape index (κ2) is 4.89. The van der Waals surface area contributed by atoms with Gasteiger partial charge in [-0.05, 0) is 19.1 Å². The second-order valence-corrected chi connectivity index (χ2v) is 4.91. The van der Waals surface area contributed by atoms with Crippen molar-refractivity contribution in [3.8, 4) is 11.3 Å². The van der Waals surface area contributed by atoms with Gasteiger partial charge in [0.25, 0.3) is 0 Å². The minimum Gasteiger partial charge on any atom is -0.350 e. The smallest absolute Gasteiger partial charge is 0.137 e. The third-order valence-corrected chi connectivity index (χ3v) is 3.29. The van der Waals surface area contributed by atoms with Gasteiger partial charge in [0.05, 0.1) is 12.1 Å². The summed E-state index contributed by atoms with van der Waals surface area (Å²) in [4.78, 5) is 19.8. The fourth-order valence-corrected chi connectivity index (χ4v) is 2.40. The number of hydrogen-bond acceptors (Lipinski definition) is 3. The van der Waals surface area contributed by atoms with Crippen molar-refractivity contribution in [1.29, 1.82) is 0 Å². The summed E-state index contributed by atoms with van der Waals surface area (Å²) in [6.07, 6.45) is 4.05. The van der Waals surface area contributed by atoms with Crippen LogP contribution in [0, 0.1) is 0 Å². The third kappa shape index (κ3) is 2.20. The number of rotatable bonds is 3. The van der Waals surface area contributed by atoms with Gasteiger partial charge in [0.2, 0.25) is 0 Å². The molecule has 3 rings (SSSR count). The zero-order valence-electron chi connectivity index (χ0n) is 11.5. The van der Waals surface area contributed by atoms with Gasteiger partial charge in [-0.1, -0.05) is 18.2 Å². The summed E-state index contributed by atoms with van der Waals surface area (Å²) in [5, 5.41) is 1.16. The number of para-hydroxylation sites is 1. The van der Waals surface area contributed by atoms with Crippen LogP contribution >= 0.6 is 0 Å². The Morgan fingerprint density at radius 3 is 2.85 bits per heavy atom. The highest BCUT2D eigenvalue weighted by molar-refractivity contribution is 5.95. The number of fused-ring (bicyclic) bond motifs is 1. The number of carbonyl (C=O) groups excluding carboxylic acids is 1. The maximum Gasteiger partial charge on any atom is 0.137 e. The summed E-state index contributed by atoms with van der Waals surface area (Å²) >= 11 is 0. The van der Waals surface area contributed by atoms with Crippen LogP contribution in [0.3, 0.4) is 0 Å². The molecule has 3 aromatic rings. The Morgan fingerprint density at radius 2 is 2.05 bits per heavy atom. The summed E-state index contributed by atoms with van der Waals surface area (Å²) in [5.41, 5.74) is 3.08. The Bertz CT molecular complexity index is 789. The van der Waals surface area contributed by atoms with Crippen molar-refractivity contribution < 1.29 is 4.79 Å². The number of aryl methyl sites for hydroxylation is 1. The Hall–Kier alpha value is -2.49. The molecule has 0 fully saturated rings. The van der Waals surface area contributed by atoms with E-state index in [0.717, 1.165) is 22.2 Å². The van der Waals surface area contributed by atoms with E-state index in [1.54, 1.807) is 13.1 Å². The molecule has 20 heavy (non-hydrogen) atoms. The number of hydrogen-bond donors (Lipinski definition) is 0. The Balaban J connectivity index is 2.13. The molecule has 100 valence electrons. The molecule has 2 aromatic heterocycles. The van der Waals surface area contributed by atoms with Crippen molar-refractivity contribution in [2.75, 3.05) is 0 Å². The molecule has 0 saturated carbocycles. The fourth-order valence-electron chi connectivity index (χ4n) is 2.40. The van der Waals surface area contributed by atoms with Crippen molar-refractivity contribution >= 4 is 16.7 Å². The first-order chi connectivity index (χ1) is 9.65. The van der Waals surface area contributed by atoms with Gasteiger partial charge in [-0.15, -0.1) is 0 Å². The fraction of sp³-hybridized carbons (Fsp3) is 0.188. The highest BCUT2D eigenvalue weighted by atomic mass is 16.1. The van der Waals surface area contributed by atoms with Crippen molar-refractivity contribution in [3.63, 3.8) is 0 Å². The van der Waals surface area contributed by atoms with Gasteiger partial charge in [-0.3, -0.25) is 4.79 Å². The quantitative estimate of drug-likeness (QED) is 0.731. The van der Waals surface area contributed by atoms with Gasteiger partial charge in [0, 0.05) is 35.9 Å². The van der Waals surface area contributed by atoms with Crippen LogP contribution in [-0.4, -0.2) is 20.3 Å². The van der Waals surface area contributed by atoms with Gasteiger partial charge in [0.1, 0.15) is 11.6 Å². The highest BCUT2D eigenvalue weighted by Gasteiger charge is 2.10. The molecule has 0 N–H and O–H groups in total. The SMILES string of the molecule is CC(=O)Cc1nccc(-c2cn(C)c3ccccc23)n1. The summed E-state index contributed by atoms with van der Waals surface area (Å²) in [6.45, 7) is 1.55. The number of aromatic nitrogens is 3. The molecule has 0 aliphatic carbocycles. The van der Waals surface area contributed by atoms with Crippen LogP contribution < -0.4 is 0 Å². The molecule has 0 unspecified atom stereocenters. The lowest BCUT2D eigenvalue weighted by Crippen LogP contribution is -2.02. The lowest BCUT2D eigenvalue weighted by atomic mass is 10.1. The van der Waals surface area contributed by atoms with Crippen LogP contribution in [0.25, 0.3) is 22.2 Å². The monoisotopic (exact) mass is 265 g/mol. The van der Waals surface area contributed by atoms with Crippen LogP contribution in [0.4, 0.5) is 0 Å². The molecule has 0 atom stereocenters. The summed E-state index contributed by atoms with van der Waals surface area (Å²) < 4.78 is 2.08. The number of carbonyl (C=O) groups is 1. The zero-order chi connectivity index (χ0) is 14.1. The van der Waals surface area contributed by atoms with E-state index in [1.807, 2.05) is 25.2 Å². The summed E-state index contributed by atoms with van der Waals surface area (Å²) in [6, 6.07) is 10.1. The zero-order valence-corrected chi connectivity index (χ0v) is 11.5. The van der Waals surface area contributed by atoms with E-state index < -0.39 is 0 Å². The molecule has 0 amide bonds. The van der Waals surface area contributed by atoms with E-state index in [2.05, 4.69) is 32.9 Å². The molecule has 2 heterocycles. The average Bonchev–Trinajstić information content (AvgIpc) is 2.76. The van der Waals surface area contributed by atoms with Crippen LogP contribution in [0.5, 0.6) is 0 Å². The number of nitrogens with zero attached hydrogens (tertiary/aromatic N) is 3. The topological polar surface area (TPSA) is 47.8 Å². The number of benzene rings is 1. The molecular weight excluding hydrogens is 250 g/mol. The van der Waals surface area contributed by atoms with Gasteiger partial charge >= 0.3 is 0 Å². The van der Waals surface area contributed by atoms with E-state index in [0.29, 0.717) is 5.82 Å². The second-order valence-electron chi connectivity index (χ2n) is 4.91. The van der Waals surface area contributed by atoms with Crippen LogP contribution in [-0.2, 0) is 18.3 Å². The first-order valence-corrected chi connectivity index (χ1v) is 6.51. The standard InChI is InChI=1S/C16H15N3O/c1-11(20)9-16-17-8-7-14(18-16)13-10-19(2)15-6-4-3-5-12(13)15/h3-8,10H,9H2,1-2H3. The van der Waals surface area contributed by atoms with Crippen molar-refractivity contribution in [2.45, 2.75) is 13.3 Å². The Morgan fingerprint density at radius 1 is 1.25 bits per heavy atom. The van der Waals surface area contributed by atoms with Crippen molar-refractivity contribution in [2.24, 2.45) is 7.05 Å². The summed E-state index contributed by atoms with van der Waals surface area (Å²) in [5.74, 6) is 0.642. The normalized spacial score (nSPS) is 10.9. The van der Waals surface area contributed by atoms with E-state index in [4.69, 9.17) is 0 Å². The third-order valence-electron chi connectivity index (χ3n) is 3.29. The van der Waals surface area contributed by atoms with Crippen molar-refractivity contribution in [1.82, 2.24) is 14.5 Å². The molecule has 4 nitrogen and oxygen atoms in total. The lowest BCUT2D eigenvalue weighted by Gasteiger charge is -2.01. The van der Waals surface area contributed by atoms with E-state index in [1.165, 1.54) is 0 Å². The molecule has 0 bridgehead atoms. The molecule has 0 radical (unpaired) electrons. The van der Waals surface area contributed by atoms with E-state index >= 15 is 0 Å². The van der Waals surface area contributed by atoms with Crippen LogP contribution in [0.15, 0.2) is 42.7 Å². The van der Waals surface area contributed by atoms with Gasteiger partial charge in [-0.25, -0.2) is 9.97 Å². The number of ketones is 1. The van der Waals surface area contributed by atoms with E-state index in [9.17, 15) is 4.79 Å². The van der Waals surface area contributed by atoms with Gasteiger partial charge in [-0.2, -0.15) is 0 Å². The summed E-state index contributed by atoms with van der Waals surface area (Å²) in [7, 11) is 2.02. The maximum absolute atomic E-state index is 11.2. The number of Topliss-reactive ketones (excluding diaryl/α,β-unsaturated/α-hetero) is 1. The largest absolute Gasteiger partial charge is 0.350 e. The molecular formula is C16H15N3O. The molecule has 4 heteroatoms. The minimum absolute atomic E-state index is 0.0695. The molecule has 0 saturated heterocycles. The molecule has 0 aliphatic heterocycles. The molecule has 1 aromatic carbocycles. The van der Waals surface area contributed by atoms with E-state index in [-0.39, 0.29) is 12.2 Å². The molecule has 0 aliphatic rings. The average molecular weight is 265 g/mol. The lowest BCUT2D eigenvalue weighted by molar-refractivity contribution is -0.116. The predicted octanol–water partition coefficient (Wildman–Crippen LogP) is 2.77. The van der Waals surface area contributed by atoms with Crippen LogP contribution in [0.2, 0.25) is 0 Å². The van der Waals surface area contributed by atoms with Crippen LogP contribution in [0.1, 0.15) is 12.7 Å². The van der Waals surface area contributed by atoms with Gasteiger partial charge < -0.3 is 4.57 Å².